The molecule has 1 unspecified atom stereocenters. The normalized spacial score (nSPS) is 13.0. The first-order valence-electron chi connectivity index (χ1n) is 7.34. The van der Waals surface area contributed by atoms with Crippen molar-refractivity contribution in [3.8, 4) is 0 Å². The quantitative estimate of drug-likeness (QED) is 0.296. The zero-order chi connectivity index (χ0) is 15.7. The van der Waals surface area contributed by atoms with E-state index in [1.54, 1.807) is 12.1 Å². The molecule has 0 saturated heterocycles. The van der Waals surface area contributed by atoms with E-state index < -0.39 is 0 Å². The molecule has 4 N–H and O–H groups in total. The van der Waals surface area contributed by atoms with Gasteiger partial charge < -0.3 is 16.3 Å². The van der Waals surface area contributed by atoms with E-state index in [0.717, 1.165) is 12.8 Å². The van der Waals surface area contributed by atoms with E-state index in [0.29, 0.717) is 23.7 Å². The molecular formula is C15H24N4O2. The van der Waals surface area contributed by atoms with Crippen molar-refractivity contribution in [3.05, 3.63) is 29.6 Å². The van der Waals surface area contributed by atoms with E-state index in [1.165, 1.54) is 19.0 Å². The molecule has 1 heterocycles. The summed E-state index contributed by atoms with van der Waals surface area (Å²) in [6, 6.07) is 3.17. The molecule has 0 aliphatic rings. The van der Waals surface area contributed by atoms with Crippen LogP contribution in [0, 0.1) is 5.92 Å². The van der Waals surface area contributed by atoms with Gasteiger partial charge in [0.05, 0.1) is 0 Å². The van der Waals surface area contributed by atoms with Crippen molar-refractivity contribution in [2.45, 2.75) is 39.5 Å². The predicted molar refractivity (Wildman–Crippen MR) is 82.4 cm³/mol. The van der Waals surface area contributed by atoms with Crippen LogP contribution in [0.1, 0.15) is 55.6 Å². The summed E-state index contributed by atoms with van der Waals surface area (Å²) < 4.78 is 0. The average molecular weight is 292 g/mol. The second-order valence-corrected chi connectivity index (χ2v) is 5.04. The third-order valence-corrected chi connectivity index (χ3v) is 3.49. The number of oxime groups is 1. The average Bonchev–Trinajstić information content (AvgIpc) is 2.54. The van der Waals surface area contributed by atoms with Crippen molar-refractivity contribution in [1.29, 1.82) is 0 Å². The van der Waals surface area contributed by atoms with Crippen molar-refractivity contribution in [1.82, 2.24) is 10.3 Å². The van der Waals surface area contributed by atoms with Crippen LogP contribution in [0.3, 0.4) is 0 Å². The zero-order valence-corrected chi connectivity index (χ0v) is 12.7. The van der Waals surface area contributed by atoms with E-state index in [-0.39, 0.29) is 11.7 Å². The molecule has 0 fully saturated rings. The van der Waals surface area contributed by atoms with E-state index >= 15 is 0 Å². The summed E-state index contributed by atoms with van der Waals surface area (Å²) in [5.74, 6) is 0.279. The predicted octanol–water partition coefficient (Wildman–Crippen LogP) is 2.12. The monoisotopic (exact) mass is 292 g/mol. The smallest absolute Gasteiger partial charge is 0.269 e. The summed E-state index contributed by atoms with van der Waals surface area (Å²) in [5.41, 5.74) is 6.25. The molecule has 0 aromatic carbocycles. The van der Waals surface area contributed by atoms with Crippen LogP contribution < -0.4 is 11.1 Å². The van der Waals surface area contributed by atoms with Gasteiger partial charge in [0, 0.05) is 18.3 Å². The van der Waals surface area contributed by atoms with Gasteiger partial charge in [-0.3, -0.25) is 9.78 Å². The minimum absolute atomic E-state index is 0.0277. The van der Waals surface area contributed by atoms with Crippen molar-refractivity contribution < 1.29 is 10.0 Å². The summed E-state index contributed by atoms with van der Waals surface area (Å²) in [7, 11) is 0. The number of unbranched alkanes of at least 4 members (excludes halogenated alkanes) is 1. The highest BCUT2D eigenvalue weighted by molar-refractivity contribution is 5.98. The second kappa shape index (κ2) is 8.94. The van der Waals surface area contributed by atoms with Gasteiger partial charge >= 0.3 is 0 Å². The number of aromatic nitrogens is 1. The number of hydrogen-bond donors (Lipinski definition) is 3. The summed E-state index contributed by atoms with van der Waals surface area (Å²) in [4.78, 5) is 16.0. The molecule has 1 aromatic heterocycles. The number of hydrogen-bond acceptors (Lipinski definition) is 4. The van der Waals surface area contributed by atoms with Gasteiger partial charge in [0.2, 0.25) is 0 Å². The zero-order valence-electron chi connectivity index (χ0n) is 12.7. The maximum Gasteiger partial charge on any atom is 0.269 e. The lowest BCUT2D eigenvalue weighted by atomic mass is 9.99. The summed E-state index contributed by atoms with van der Waals surface area (Å²) >= 11 is 0. The van der Waals surface area contributed by atoms with Gasteiger partial charge in [-0.1, -0.05) is 38.3 Å². The number of rotatable bonds is 8. The third-order valence-electron chi connectivity index (χ3n) is 3.49. The largest absolute Gasteiger partial charge is 0.409 e. The molecule has 0 bridgehead atoms. The molecule has 6 nitrogen and oxygen atoms in total. The molecule has 1 rings (SSSR count). The van der Waals surface area contributed by atoms with Crippen LogP contribution in [0.5, 0.6) is 0 Å². The Morgan fingerprint density at radius 3 is 2.76 bits per heavy atom. The van der Waals surface area contributed by atoms with Gasteiger partial charge in [0.15, 0.2) is 5.84 Å². The van der Waals surface area contributed by atoms with Gasteiger partial charge in [0.1, 0.15) is 5.69 Å². The number of pyridine rings is 1. The van der Waals surface area contributed by atoms with Crippen molar-refractivity contribution in [3.63, 3.8) is 0 Å². The van der Waals surface area contributed by atoms with Gasteiger partial charge in [-0.2, -0.15) is 0 Å². The van der Waals surface area contributed by atoms with Crippen LogP contribution in [-0.4, -0.2) is 28.5 Å². The fraction of sp³-hybridized carbons (Fsp3) is 0.533. The Hall–Kier alpha value is -2.11. The van der Waals surface area contributed by atoms with E-state index in [1.807, 2.05) is 0 Å². The van der Waals surface area contributed by atoms with Crippen LogP contribution in [0.2, 0.25) is 0 Å². The number of carbonyl (C=O) groups excluding carboxylic acids is 1. The van der Waals surface area contributed by atoms with Crippen LogP contribution in [-0.2, 0) is 0 Å². The third kappa shape index (κ3) is 5.41. The Kier molecular flexibility index (Phi) is 7.21. The standard InChI is InChI=1S/C15H24N4O2/c1-3-5-6-11(4-2)9-18-15(20)13-8-7-12(10-17-13)14(16)19-21/h7-8,10-11,21H,3-6,9H2,1-2H3,(H2,16,19)(H,18,20). The van der Waals surface area contributed by atoms with Gasteiger partial charge in [-0.05, 0) is 24.5 Å². The van der Waals surface area contributed by atoms with Gasteiger partial charge in [-0.15, -0.1) is 0 Å². The highest BCUT2D eigenvalue weighted by Crippen LogP contribution is 2.11. The number of amidine groups is 1. The fourth-order valence-corrected chi connectivity index (χ4v) is 2.01. The number of carbonyl (C=O) groups is 1. The lowest BCUT2D eigenvalue weighted by molar-refractivity contribution is 0.0941. The summed E-state index contributed by atoms with van der Waals surface area (Å²) in [6.07, 6.45) is 5.94. The number of nitrogens with one attached hydrogen (secondary N) is 1. The SMILES string of the molecule is CCCCC(CC)CNC(=O)c1ccc(/C(N)=N/O)cn1. The topological polar surface area (TPSA) is 101 Å². The highest BCUT2D eigenvalue weighted by Gasteiger charge is 2.11. The Morgan fingerprint density at radius 2 is 2.24 bits per heavy atom. The second-order valence-electron chi connectivity index (χ2n) is 5.04. The van der Waals surface area contributed by atoms with Crippen LogP contribution in [0.25, 0.3) is 0 Å². The first kappa shape index (κ1) is 16.9. The molecule has 1 aromatic rings. The van der Waals surface area contributed by atoms with Crippen LogP contribution >= 0.6 is 0 Å². The lowest BCUT2D eigenvalue weighted by Gasteiger charge is -2.15. The Morgan fingerprint density at radius 1 is 1.48 bits per heavy atom. The molecule has 21 heavy (non-hydrogen) atoms. The molecule has 6 heteroatoms. The van der Waals surface area contributed by atoms with E-state index in [2.05, 4.69) is 29.3 Å². The molecule has 1 atom stereocenters. The van der Waals surface area contributed by atoms with Gasteiger partial charge in [-0.25, -0.2) is 0 Å². The van der Waals surface area contributed by atoms with E-state index in [4.69, 9.17) is 10.9 Å². The molecule has 0 radical (unpaired) electrons. The van der Waals surface area contributed by atoms with Crippen molar-refractivity contribution in [2.24, 2.45) is 16.8 Å². The van der Waals surface area contributed by atoms with E-state index in [9.17, 15) is 4.79 Å². The number of amides is 1. The fourth-order valence-electron chi connectivity index (χ4n) is 2.01. The maximum absolute atomic E-state index is 12.0. The Balaban J connectivity index is 2.55. The summed E-state index contributed by atoms with van der Waals surface area (Å²) in [5, 5.41) is 14.4. The molecule has 1 amide bonds. The highest BCUT2D eigenvalue weighted by atomic mass is 16.4. The molecule has 0 aliphatic carbocycles. The minimum atomic E-state index is -0.198. The van der Waals surface area contributed by atoms with Crippen molar-refractivity contribution >= 4 is 11.7 Å². The first-order chi connectivity index (χ1) is 10.1. The Labute approximate surface area is 125 Å². The number of nitrogens with zero attached hydrogens (tertiary/aromatic N) is 2. The molecule has 0 aliphatic heterocycles. The molecular weight excluding hydrogens is 268 g/mol. The Bertz CT molecular complexity index is 471. The minimum Gasteiger partial charge on any atom is -0.409 e. The first-order valence-corrected chi connectivity index (χ1v) is 7.34. The maximum atomic E-state index is 12.0. The number of nitrogens with two attached hydrogens (primary N) is 1. The summed E-state index contributed by atoms with van der Waals surface area (Å²) in [6.45, 7) is 4.97. The molecule has 0 spiro atoms. The van der Waals surface area contributed by atoms with Gasteiger partial charge in [0.25, 0.3) is 5.91 Å². The van der Waals surface area contributed by atoms with Crippen molar-refractivity contribution in [2.75, 3.05) is 6.54 Å². The van der Waals surface area contributed by atoms with Crippen LogP contribution in [0.15, 0.2) is 23.5 Å². The van der Waals surface area contributed by atoms with Crippen LogP contribution in [0.4, 0.5) is 0 Å². The lowest BCUT2D eigenvalue weighted by Crippen LogP contribution is -2.30. The molecule has 116 valence electrons. The molecule has 0 saturated carbocycles.